The fraction of sp³-hybridized carbons (Fsp3) is 0.400. The fourth-order valence-electron chi connectivity index (χ4n) is 1.55. The molecule has 0 bridgehead atoms. The summed E-state index contributed by atoms with van der Waals surface area (Å²) in [6.45, 7) is 7.46. The standard InChI is InChI=1S/C15H19FN2OS/c1-15(2,3)17-8-14-18-12(10-20-14)9-19-13-6-4-5-11(16)7-13/h4-7,10,17H,8-9H2,1-3H3. The van der Waals surface area contributed by atoms with Gasteiger partial charge in [-0.3, -0.25) is 0 Å². The van der Waals surface area contributed by atoms with Gasteiger partial charge in [0.1, 0.15) is 23.2 Å². The molecule has 0 amide bonds. The zero-order chi connectivity index (χ0) is 14.6. The average molecular weight is 294 g/mol. The van der Waals surface area contributed by atoms with Gasteiger partial charge in [-0.05, 0) is 32.9 Å². The van der Waals surface area contributed by atoms with E-state index in [1.807, 2.05) is 5.38 Å². The van der Waals surface area contributed by atoms with Crippen molar-refractivity contribution in [3.63, 3.8) is 0 Å². The first-order valence-electron chi connectivity index (χ1n) is 6.49. The number of thiazole rings is 1. The lowest BCUT2D eigenvalue weighted by Crippen LogP contribution is -2.35. The molecule has 0 saturated heterocycles. The maximum Gasteiger partial charge on any atom is 0.131 e. The molecule has 0 aliphatic rings. The minimum Gasteiger partial charge on any atom is -0.487 e. The first-order chi connectivity index (χ1) is 9.42. The van der Waals surface area contributed by atoms with E-state index in [9.17, 15) is 4.39 Å². The molecule has 1 N–H and O–H groups in total. The second-order valence-corrected chi connectivity index (χ2v) is 6.52. The Bertz CT molecular complexity index is 563. The molecule has 0 unspecified atom stereocenters. The van der Waals surface area contributed by atoms with Crippen molar-refractivity contribution >= 4 is 11.3 Å². The molecule has 3 nitrogen and oxygen atoms in total. The van der Waals surface area contributed by atoms with Crippen LogP contribution in [0, 0.1) is 5.82 Å². The monoisotopic (exact) mass is 294 g/mol. The van der Waals surface area contributed by atoms with Crippen LogP contribution in [0.5, 0.6) is 5.75 Å². The molecule has 0 saturated carbocycles. The summed E-state index contributed by atoms with van der Waals surface area (Å²) in [6.07, 6.45) is 0. The van der Waals surface area contributed by atoms with Crippen LogP contribution in [0.4, 0.5) is 4.39 Å². The van der Waals surface area contributed by atoms with Crippen LogP contribution >= 0.6 is 11.3 Å². The van der Waals surface area contributed by atoms with Crippen molar-refractivity contribution in [1.82, 2.24) is 10.3 Å². The zero-order valence-electron chi connectivity index (χ0n) is 11.9. The molecular weight excluding hydrogens is 275 g/mol. The van der Waals surface area contributed by atoms with Gasteiger partial charge in [-0.25, -0.2) is 9.37 Å². The Kier molecular flexibility index (Phi) is 4.73. The summed E-state index contributed by atoms with van der Waals surface area (Å²) in [4.78, 5) is 4.49. The third-order valence-electron chi connectivity index (χ3n) is 2.55. The van der Waals surface area contributed by atoms with Crippen molar-refractivity contribution < 1.29 is 9.13 Å². The topological polar surface area (TPSA) is 34.2 Å². The molecule has 2 rings (SSSR count). The molecule has 108 valence electrons. The Morgan fingerprint density at radius 1 is 1.35 bits per heavy atom. The third-order valence-corrected chi connectivity index (χ3v) is 3.45. The molecule has 20 heavy (non-hydrogen) atoms. The minimum absolute atomic E-state index is 0.0733. The van der Waals surface area contributed by atoms with E-state index in [1.165, 1.54) is 12.1 Å². The zero-order valence-corrected chi connectivity index (χ0v) is 12.8. The highest BCUT2D eigenvalue weighted by atomic mass is 32.1. The molecule has 0 spiro atoms. The molecule has 1 heterocycles. The van der Waals surface area contributed by atoms with Crippen molar-refractivity contribution in [3.05, 3.63) is 46.2 Å². The summed E-state index contributed by atoms with van der Waals surface area (Å²) in [5, 5.41) is 6.39. The lowest BCUT2D eigenvalue weighted by atomic mass is 10.1. The Labute approximate surface area is 122 Å². The van der Waals surface area contributed by atoms with Crippen molar-refractivity contribution in [2.75, 3.05) is 0 Å². The Morgan fingerprint density at radius 2 is 2.15 bits per heavy atom. The van der Waals surface area contributed by atoms with Crippen LogP contribution < -0.4 is 10.1 Å². The van der Waals surface area contributed by atoms with E-state index in [0.29, 0.717) is 12.4 Å². The Morgan fingerprint density at radius 3 is 2.85 bits per heavy atom. The maximum absolute atomic E-state index is 13.0. The van der Waals surface area contributed by atoms with Crippen LogP contribution in [0.15, 0.2) is 29.6 Å². The second-order valence-electron chi connectivity index (χ2n) is 5.58. The van der Waals surface area contributed by atoms with Crippen molar-refractivity contribution in [1.29, 1.82) is 0 Å². The number of aromatic nitrogens is 1. The van der Waals surface area contributed by atoms with E-state index in [1.54, 1.807) is 23.5 Å². The van der Waals surface area contributed by atoms with Gasteiger partial charge in [0.05, 0.1) is 5.69 Å². The third kappa shape index (κ3) is 4.90. The highest BCUT2D eigenvalue weighted by molar-refractivity contribution is 7.09. The number of nitrogens with one attached hydrogen (secondary N) is 1. The van der Waals surface area contributed by atoms with Gasteiger partial charge in [-0.15, -0.1) is 11.3 Å². The van der Waals surface area contributed by atoms with Gasteiger partial charge in [0, 0.05) is 23.5 Å². The summed E-state index contributed by atoms with van der Waals surface area (Å²) in [7, 11) is 0. The number of rotatable bonds is 5. The van der Waals surface area contributed by atoms with Crippen LogP contribution in [0.25, 0.3) is 0 Å². The predicted molar refractivity (Wildman–Crippen MR) is 79.4 cm³/mol. The summed E-state index contributed by atoms with van der Waals surface area (Å²) in [6, 6.07) is 6.13. The minimum atomic E-state index is -0.296. The molecule has 0 atom stereocenters. The van der Waals surface area contributed by atoms with E-state index >= 15 is 0 Å². The fourth-order valence-corrected chi connectivity index (χ4v) is 2.27. The van der Waals surface area contributed by atoms with Crippen LogP contribution in [0.1, 0.15) is 31.5 Å². The van der Waals surface area contributed by atoms with E-state index in [4.69, 9.17) is 4.74 Å². The highest BCUT2D eigenvalue weighted by Gasteiger charge is 2.10. The quantitative estimate of drug-likeness (QED) is 0.912. The van der Waals surface area contributed by atoms with Gasteiger partial charge < -0.3 is 10.1 Å². The van der Waals surface area contributed by atoms with E-state index in [-0.39, 0.29) is 11.4 Å². The molecule has 5 heteroatoms. The van der Waals surface area contributed by atoms with Gasteiger partial charge in [-0.1, -0.05) is 6.07 Å². The van der Waals surface area contributed by atoms with Crippen LogP contribution in [0.2, 0.25) is 0 Å². The normalized spacial score (nSPS) is 11.6. The number of hydrogen-bond acceptors (Lipinski definition) is 4. The largest absolute Gasteiger partial charge is 0.487 e. The number of benzene rings is 1. The van der Waals surface area contributed by atoms with Crippen LogP contribution in [-0.2, 0) is 13.2 Å². The Balaban J connectivity index is 1.87. The lowest BCUT2D eigenvalue weighted by Gasteiger charge is -2.19. The van der Waals surface area contributed by atoms with Gasteiger partial charge in [0.2, 0.25) is 0 Å². The van der Waals surface area contributed by atoms with E-state index < -0.39 is 0 Å². The van der Waals surface area contributed by atoms with E-state index in [2.05, 4.69) is 31.1 Å². The molecular formula is C15H19FN2OS. The summed E-state index contributed by atoms with van der Waals surface area (Å²) in [5.74, 6) is 0.225. The van der Waals surface area contributed by atoms with Gasteiger partial charge in [0.25, 0.3) is 0 Å². The predicted octanol–water partition coefficient (Wildman–Crippen LogP) is 3.75. The number of nitrogens with zero attached hydrogens (tertiary/aromatic N) is 1. The molecule has 0 fully saturated rings. The van der Waals surface area contributed by atoms with Crippen molar-refractivity contribution in [3.8, 4) is 5.75 Å². The average Bonchev–Trinajstić information content (AvgIpc) is 2.81. The molecule has 0 aliphatic carbocycles. The van der Waals surface area contributed by atoms with Crippen LogP contribution in [-0.4, -0.2) is 10.5 Å². The molecule has 2 aromatic rings. The smallest absolute Gasteiger partial charge is 0.131 e. The van der Waals surface area contributed by atoms with Gasteiger partial charge in [-0.2, -0.15) is 0 Å². The maximum atomic E-state index is 13.0. The molecule has 0 aliphatic heterocycles. The second kappa shape index (κ2) is 6.33. The summed E-state index contributed by atoms with van der Waals surface area (Å²) < 4.78 is 18.5. The first-order valence-corrected chi connectivity index (χ1v) is 7.37. The molecule has 1 aromatic heterocycles. The van der Waals surface area contributed by atoms with Crippen molar-refractivity contribution in [2.45, 2.75) is 39.5 Å². The SMILES string of the molecule is CC(C)(C)NCc1nc(COc2cccc(F)c2)cs1. The summed E-state index contributed by atoms with van der Waals surface area (Å²) in [5.41, 5.74) is 0.939. The Hall–Kier alpha value is -1.46. The number of ether oxygens (including phenoxy) is 1. The van der Waals surface area contributed by atoms with Crippen LogP contribution in [0.3, 0.4) is 0 Å². The number of halogens is 1. The number of hydrogen-bond donors (Lipinski definition) is 1. The summed E-state index contributed by atoms with van der Waals surface area (Å²) >= 11 is 1.60. The van der Waals surface area contributed by atoms with Gasteiger partial charge in [0.15, 0.2) is 0 Å². The first kappa shape index (κ1) is 14.9. The highest BCUT2D eigenvalue weighted by Crippen LogP contribution is 2.16. The lowest BCUT2D eigenvalue weighted by molar-refractivity contribution is 0.300. The van der Waals surface area contributed by atoms with E-state index in [0.717, 1.165) is 17.2 Å². The van der Waals surface area contributed by atoms with Crippen molar-refractivity contribution in [2.24, 2.45) is 0 Å². The molecule has 1 aromatic carbocycles. The van der Waals surface area contributed by atoms with Gasteiger partial charge >= 0.3 is 0 Å². The molecule has 0 radical (unpaired) electrons.